The van der Waals surface area contributed by atoms with Gasteiger partial charge in [0.2, 0.25) is 0 Å². The zero-order valence-electron chi connectivity index (χ0n) is 6.78. The van der Waals surface area contributed by atoms with Gasteiger partial charge >= 0.3 is 0 Å². The molecule has 0 bridgehead atoms. The highest BCUT2D eigenvalue weighted by atomic mass is 79.9. The monoisotopic (exact) mass is 274 g/mol. The fourth-order valence-corrected chi connectivity index (χ4v) is 2.82. The largest absolute Gasteiger partial charge is 0.114 e. The zero-order chi connectivity index (χ0) is 9.26. The van der Waals surface area contributed by atoms with Gasteiger partial charge in [0.15, 0.2) is 0 Å². The van der Waals surface area contributed by atoms with Crippen molar-refractivity contribution in [2.75, 3.05) is 0 Å². The van der Waals surface area contributed by atoms with Crippen molar-refractivity contribution < 1.29 is 0 Å². The summed E-state index contributed by atoms with van der Waals surface area (Å²) in [6.45, 7) is 0. The summed E-state index contributed by atoms with van der Waals surface area (Å²) in [5.41, 5.74) is 1.28. The molecule has 0 saturated heterocycles. The first-order chi connectivity index (χ1) is 6.27. The number of allylic oxidation sites excluding steroid dienone is 1. The average molecular weight is 276 g/mol. The lowest BCUT2D eigenvalue weighted by Gasteiger charge is -2.12. The number of hydrogen-bond acceptors (Lipinski definition) is 1. The van der Waals surface area contributed by atoms with E-state index in [1.807, 2.05) is 0 Å². The van der Waals surface area contributed by atoms with Crippen LogP contribution in [0.4, 0.5) is 0 Å². The molecular formula is C10H8BrClS. The molecule has 1 aliphatic heterocycles. The van der Waals surface area contributed by atoms with E-state index in [4.69, 9.17) is 11.6 Å². The number of benzene rings is 1. The molecule has 3 heteroatoms. The molecule has 0 radical (unpaired) electrons. The number of rotatable bonds is 1. The van der Waals surface area contributed by atoms with Crippen molar-refractivity contribution in [2.24, 2.45) is 0 Å². The van der Waals surface area contributed by atoms with Gasteiger partial charge in [-0.05, 0) is 23.1 Å². The molecule has 2 rings (SSSR count). The van der Waals surface area contributed by atoms with Crippen molar-refractivity contribution in [3.63, 3.8) is 0 Å². The summed E-state index contributed by atoms with van der Waals surface area (Å²) in [4.78, 5) is 0. The Bertz CT molecular complexity index is 320. The Kier molecular flexibility index (Phi) is 3.02. The van der Waals surface area contributed by atoms with Crippen molar-refractivity contribution >= 4 is 39.3 Å². The van der Waals surface area contributed by atoms with Gasteiger partial charge in [-0.25, -0.2) is 0 Å². The molecule has 0 aromatic heterocycles. The topological polar surface area (TPSA) is 0 Å². The maximum atomic E-state index is 6.14. The minimum atomic E-state index is 0.154. The van der Waals surface area contributed by atoms with E-state index in [1.165, 1.54) is 5.56 Å². The molecule has 2 unspecified atom stereocenters. The van der Waals surface area contributed by atoms with Crippen molar-refractivity contribution in [3.8, 4) is 0 Å². The Morgan fingerprint density at radius 1 is 1.23 bits per heavy atom. The first kappa shape index (κ1) is 9.63. The molecule has 68 valence electrons. The molecule has 0 amide bonds. The zero-order valence-corrected chi connectivity index (χ0v) is 9.94. The highest BCUT2D eigenvalue weighted by Crippen LogP contribution is 2.39. The van der Waals surface area contributed by atoms with Crippen molar-refractivity contribution in [2.45, 2.75) is 10.6 Å². The molecule has 0 aliphatic carbocycles. The molecule has 0 saturated carbocycles. The van der Waals surface area contributed by atoms with Crippen LogP contribution in [0.1, 0.15) is 11.5 Å². The molecule has 0 N–H and O–H groups in total. The number of alkyl halides is 1. The van der Waals surface area contributed by atoms with Gasteiger partial charge in [0, 0.05) is 10.4 Å². The third-order valence-electron chi connectivity index (χ3n) is 2.03. The first-order valence-corrected chi connectivity index (χ1v) is 6.16. The molecule has 1 aromatic carbocycles. The Labute approximate surface area is 95.5 Å². The molecule has 13 heavy (non-hydrogen) atoms. The maximum absolute atomic E-state index is 6.14. The van der Waals surface area contributed by atoms with Crippen LogP contribution in [-0.2, 0) is 0 Å². The SMILES string of the molecule is ClC1SC=CC1c1ccc(Br)cc1. The number of thioether (sulfide) groups is 1. The standard InChI is InChI=1S/C10H8BrClS/c11-8-3-1-7(2-4-8)9-5-6-13-10(9)12/h1-6,9-10H. The van der Waals surface area contributed by atoms with Crippen molar-refractivity contribution in [3.05, 3.63) is 45.8 Å². The molecule has 0 spiro atoms. The minimum Gasteiger partial charge on any atom is -0.114 e. The van der Waals surface area contributed by atoms with Crippen LogP contribution in [0.2, 0.25) is 0 Å². The van der Waals surface area contributed by atoms with Gasteiger partial charge in [-0.2, -0.15) is 0 Å². The van der Waals surface area contributed by atoms with Gasteiger partial charge in [0.1, 0.15) is 0 Å². The molecule has 1 aromatic rings. The molecule has 0 fully saturated rings. The summed E-state index contributed by atoms with van der Waals surface area (Å²) >= 11 is 11.2. The summed E-state index contributed by atoms with van der Waals surface area (Å²) in [5, 5.41) is 2.07. The summed E-state index contributed by atoms with van der Waals surface area (Å²) in [6.07, 6.45) is 2.16. The van der Waals surface area contributed by atoms with E-state index in [1.54, 1.807) is 11.8 Å². The first-order valence-electron chi connectivity index (χ1n) is 3.99. The van der Waals surface area contributed by atoms with E-state index >= 15 is 0 Å². The molecule has 1 aliphatic rings. The van der Waals surface area contributed by atoms with Gasteiger partial charge in [0.05, 0.1) is 4.71 Å². The van der Waals surface area contributed by atoms with Crippen LogP contribution >= 0.6 is 39.3 Å². The summed E-state index contributed by atoms with van der Waals surface area (Å²) in [7, 11) is 0. The van der Waals surface area contributed by atoms with Crippen LogP contribution in [0.3, 0.4) is 0 Å². The number of hydrogen-bond donors (Lipinski definition) is 0. The third kappa shape index (κ3) is 2.12. The Balaban J connectivity index is 2.25. The quantitative estimate of drug-likeness (QED) is 0.686. The second kappa shape index (κ2) is 4.07. The van der Waals surface area contributed by atoms with E-state index in [0.717, 1.165) is 4.47 Å². The second-order valence-corrected chi connectivity index (χ2v) is 5.59. The Morgan fingerprint density at radius 2 is 1.92 bits per heavy atom. The number of halogens is 2. The van der Waals surface area contributed by atoms with Gasteiger partial charge in [0.25, 0.3) is 0 Å². The Hall–Kier alpha value is 0.0800. The van der Waals surface area contributed by atoms with E-state index in [-0.39, 0.29) is 4.71 Å². The molecule has 1 heterocycles. The lowest BCUT2D eigenvalue weighted by atomic mass is 10.0. The van der Waals surface area contributed by atoms with Gasteiger partial charge in [-0.3, -0.25) is 0 Å². The van der Waals surface area contributed by atoms with E-state index < -0.39 is 0 Å². The maximum Gasteiger partial charge on any atom is 0.0932 e. The third-order valence-corrected chi connectivity index (χ3v) is 4.01. The van der Waals surface area contributed by atoms with Crippen LogP contribution in [0, 0.1) is 0 Å². The average Bonchev–Trinajstić information content (AvgIpc) is 2.53. The van der Waals surface area contributed by atoms with Crippen molar-refractivity contribution in [1.29, 1.82) is 0 Å². The van der Waals surface area contributed by atoms with E-state index in [9.17, 15) is 0 Å². The summed E-state index contributed by atoms with van der Waals surface area (Å²) in [6, 6.07) is 8.33. The fourth-order valence-electron chi connectivity index (χ4n) is 1.32. The van der Waals surface area contributed by atoms with Gasteiger partial charge in [-0.15, -0.1) is 23.4 Å². The van der Waals surface area contributed by atoms with E-state index in [0.29, 0.717) is 5.92 Å². The highest BCUT2D eigenvalue weighted by molar-refractivity contribution is 9.10. The predicted octanol–water partition coefficient (Wildman–Crippen LogP) is 4.36. The molecule has 0 nitrogen and oxygen atoms in total. The lowest BCUT2D eigenvalue weighted by Crippen LogP contribution is -2.01. The minimum absolute atomic E-state index is 0.154. The summed E-state index contributed by atoms with van der Waals surface area (Å²) < 4.78 is 1.26. The lowest BCUT2D eigenvalue weighted by molar-refractivity contribution is 0.952. The van der Waals surface area contributed by atoms with Crippen LogP contribution in [0.15, 0.2) is 40.2 Å². The van der Waals surface area contributed by atoms with Crippen LogP contribution < -0.4 is 0 Å². The normalized spacial score (nSPS) is 26.6. The predicted molar refractivity (Wildman–Crippen MR) is 63.3 cm³/mol. The van der Waals surface area contributed by atoms with E-state index in [2.05, 4.69) is 51.7 Å². The second-order valence-electron chi connectivity index (χ2n) is 2.89. The van der Waals surface area contributed by atoms with Crippen LogP contribution in [0.25, 0.3) is 0 Å². The van der Waals surface area contributed by atoms with Gasteiger partial charge in [-0.1, -0.05) is 34.1 Å². The molecule has 2 atom stereocenters. The van der Waals surface area contributed by atoms with Crippen molar-refractivity contribution in [1.82, 2.24) is 0 Å². The van der Waals surface area contributed by atoms with Gasteiger partial charge < -0.3 is 0 Å². The van der Waals surface area contributed by atoms with Crippen LogP contribution in [-0.4, -0.2) is 4.71 Å². The highest BCUT2D eigenvalue weighted by Gasteiger charge is 2.22. The molecular weight excluding hydrogens is 268 g/mol. The smallest absolute Gasteiger partial charge is 0.0932 e. The fraction of sp³-hybridized carbons (Fsp3) is 0.200. The Morgan fingerprint density at radius 3 is 2.46 bits per heavy atom. The summed E-state index contributed by atoms with van der Waals surface area (Å²) in [5.74, 6) is 0.361. The van der Waals surface area contributed by atoms with Crippen LogP contribution in [0.5, 0.6) is 0 Å².